The summed E-state index contributed by atoms with van der Waals surface area (Å²) >= 11 is 2.04. The summed E-state index contributed by atoms with van der Waals surface area (Å²) in [4.78, 5) is 0. The van der Waals surface area contributed by atoms with Gasteiger partial charge in [0, 0.05) is 6.92 Å². The SMILES string of the molecule is CC(F)(F)C(Br)=C(F)F. The van der Waals surface area contributed by atoms with Gasteiger partial charge in [-0.1, -0.05) is 0 Å². The summed E-state index contributed by atoms with van der Waals surface area (Å²) in [5.74, 6) is -3.47. The molecule has 0 rings (SSSR count). The van der Waals surface area contributed by atoms with E-state index >= 15 is 0 Å². The molecule has 0 aliphatic heterocycles. The van der Waals surface area contributed by atoms with Gasteiger partial charge in [0.2, 0.25) is 0 Å². The minimum absolute atomic E-state index is 0.385. The van der Waals surface area contributed by atoms with E-state index in [1.54, 1.807) is 0 Å². The van der Waals surface area contributed by atoms with Gasteiger partial charge in [0.15, 0.2) is 0 Å². The van der Waals surface area contributed by atoms with Crippen molar-refractivity contribution in [1.82, 2.24) is 0 Å². The Labute approximate surface area is 57.7 Å². The van der Waals surface area contributed by atoms with E-state index in [0.29, 0.717) is 6.92 Å². The summed E-state index contributed by atoms with van der Waals surface area (Å²) in [5.41, 5.74) is 0. The lowest BCUT2D eigenvalue weighted by molar-refractivity contribution is 0.0686. The number of allylic oxidation sites excluding steroid dienone is 1. The molecule has 0 aromatic heterocycles. The van der Waals surface area contributed by atoms with Gasteiger partial charge in [-0.3, -0.25) is 0 Å². The predicted octanol–water partition coefficient (Wildman–Crippen LogP) is 3.14. The van der Waals surface area contributed by atoms with E-state index < -0.39 is 16.5 Å². The Balaban J connectivity index is 4.40. The summed E-state index contributed by atoms with van der Waals surface area (Å²) in [7, 11) is 0. The normalized spacial score (nSPS) is 11.3. The minimum atomic E-state index is -3.47. The minimum Gasteiger partial charge on any atom is -0.201 e. The monoisotopic (exact) mass is 206 g/mol. The first kappa shape index (κ1) is 8.94. The van der Waals surface area contributed by atoms with Crippen molar-refractivity contribution in [2.75, 3.05) is 0 Å². The van der Waals surface area contributed by atoms with Gasteiger partial charge >= 0.3 is 0 Å². The van der Waals surface area contributed by atoms with Gasteiger partial charge in [-0.25, -0.2) is 8.78 Å². The molecule has 0 aliphatic carbocycles. The van der Waals surface area contributed by atoms with Gasteiger partial charge in [-0.05, 0) is 15.9 Å². The third-order valence-electron chi connectivity index (χ3n) is 0.551. The topological polar surface area (TPSA) is 0 Å². The van der Waals surface area contributed by atoms with Crippen molar-refractivity contribution in [3.05, 3.63) is 10.6 Å². The Bertz CT molecular complexity index is 130. The fraction of sp³-hybridized carbons (Fsp3) is 0.500. The molecule has 0 heterocycles. The van der Waals surface area contributed by atoms with Crippen molar-refractivity contribution >= 4 is 15.9 Å². The maximum atomic E-state index is 11.8. The van der Waals surface area contributed by atoms with Crippen LogP contribution in [0.3, 0.4) is 0 Å². The van der Waals surface area contributed by atoms with Crippen LogP contribution in [0.4, 0.5) is 17.6 Å². The highest BCUT2D eigenvalue weighted by Gasteiger charge is 2.29. The molecule has 0 unspecified atom stereocenters. The first-order chi connectivity index (χ1) is 3.85. The van der Waals surface area contributed by atoms with Crippen molar-refractivity contribution in [3.63, 3.8) is 0 Å². The lowest BCUT2D eigenvalue weighted by Gasteiger charge is -2.05. The quantitative estimate of drug-likeness (QED) is 0.579. The van der Waals surface area contributed by atoms with E-state index in [1.165, 1.54) is 0 Å². The largest absolute Gasteiger partial charge is 0.286 e. The number of rotatable bonds is 1. The van der Waals surface area contributed by atoms with E-state index in [1.807, 2.05) is 15.9 Å². The molecule has 5 heteroatoms. The second-order valence-electron chi connectivity index (χ2n) is 1.46. The third kappa shape index (κ3) is 2.84. The fourth-order valence-electron chi connectivity index (χ4n) is 0.166. The lowest BCUT2D eigenvalue weighted by Crippen LogP contribution is -2.09. The van der Waals surface area contributed by atoms with Gasteiger partial charge in [0.05, 0.1) is 0 Å². The van der Waals surface area contributed by atoms with Crippen molar-refractivity contribution in [2.45, 2.75) is 12.8 Å². The zero-order valence-corrected chi connectivity index (χ0v) is 5.98. The van der Waals surface area contributed by atoms with Crippen LogP contribution in [0.5, 0.6) is 0 Å². The van der Waals surface area contributed by atoms with Crippen LogP contribution in [0, 0.1) is 0 Å². The Morgan fingerprint density at radius 3 is 1.67 bits per heavy atom. The summed E-state index contributed by atoms with van der Waals surface area (Å²) < 4.78 is 44.8. The molecule has 0 aromatic rings. The summed E-state index contributed by atoms with van der Waals surface area (Å²) in [6.45, 7) is 0.385. The molecular weight excluding hydrogens is 204 g/mol. The molecule has 0 aromatic carbocycles. The number of hydrogen-bond donors (Lipinski definition) is 0. The van der Waals surface area contributed by atoms with Crippen molar-refractivity contribution in [3.8, 4) is 0 Å². The average molecular weight is 207 g/mol. The molecule has 0 atom stereocenters. The van der Waals surface area contributed by atoms with E-state index in [4.69, 9.17) is 0 Å². The molecule has 0 nitrogen and oxygen atoms in total. The molecule has 0 N–H and O–H groups in total. The zero-order valence-electron chi connectivity index (χ0n) is 4.39. The van der Waals surface area contributed by atoms with E-state index in [2.05, 4.69) is 0 Å². The molecule has 0 fully saturated rings. The predicted molar refractivity (Wildman–Crippen MR) is 28.8 cm³/mol. The standard InChI is InChI=1S/C4H3BrF4/c1-4(8,9)2(5)3(6)7/h1H3. The van der Waals surface area contributed by atoms with Gasteiger partial charge < -0.3 is 0 Å². The van der Waals surface area contributed by atoms with Gasteiger partial charge in [-0.15, -0.1) is 0 Å². The second kappa shape index (κ2) is 2.68. The second-order valence-corrected chi connectivity index (χ2v) is 2.26. The molecule has 0 spiro atoms. The Morgan fingerprint density at radius 2 is 1.67 bits per heavy atom. The molecule has 54 valence electrons. The van der Waals surface area contributed by atoms with Crippen LogP contribution in [0.2, 0.25) is 0 Å². The van der Waals surface area contributed by atoms with Crippen LogP contribution >= 0.6 is 15.9 Å². The number of hydrogen-bond acceptors (Lipinski definition) is 0. The maximum Gasteiger partial charge on any atom is 0.286 e. The highest BCUT2D eigenvalue weighted by atomic mass is 79.9. The summed E-state index contributed by atoms with van der Waals surface area (Å²) in [5, 5.41) is 0. The van der Waals surface area contributed by atoms with Crippen molar-refractivity contribution in [1.29, 1.82) is 0 Å². The van der Waals surface area contributed by atoms with Gasteiger partial charge in [0.25, 0.3) is 12.0 Å². The summed E-state index contributed by atoms with van der Waals surface area (Å²) in [6.07, 6.45) is -2.39. The van der Waals surface area contributed by atoms with Crippen LogP contribution < -0.4 is 0 Å². The Morgan fingerprint density at radius 1 is 1.33 bits per heavy atom. The smallest absolute Gasteiger partial charge is 0.201 e. The van der Waals surface area contributed by atoms with E-state index in [-0.39, 0.29) is 0 Å². The van der Waals surface area contributed by atoms with Gasteiger partial charge in [0.1, 0.15) is 4.48 Å². The number of alkyl halides is 2. The Kier molecular flexibility index (Phi) is 2.66. The summed E-state index contributed by atoms with van der Waals surface area (Å²) in [6, 6.07) is 0. The molecule has 0 saturated carbocycles. The maximum absolute atomic E-state index is 11.8. The average Bonchev–Trinajstić information content (AvgIpc) is 1.62. The lowest BCUT2D eigenvalue weighted by atomic mass is 10.4. The van der Waals surface area contributed by atoms with Crippen LogP contribution in [0.25, 0.3) is 0 Å². The molecule has 0 saturated heterocycles. The first-order valence-electron chi connectivity index (χ1n) is 1.94. The molecule has 9 heavy (non-hydrogen) atoms. The molecular formula is C4H3BrF4. The van der Waals surface area contributed by atoms with E-state index in [0.717, 1.165) is 0 Å². The molecule has 0 amide bonds. The van der Waals surface area contributed by atoms with Crippen LogP contribution in [-0.2, 0) is 0 Å². The zero-order chi connectivity index (χ0) is 7.65. The molecule has 0 aliphatic rings. The fourth-order valence-corrected chi connectivity index (χ4v) is 0.166. The van der Waals surface area contributed by atoms with Crippen LogP contribution in [-0.4, -0.2) is 5.92 Å². The van der Waals surface area contributed by atoms with E-state index in [9.17, 15) is 17.6 Å². The third-order valence-corrected chi connectivity index (χ3v) is 1.55. The van der Waals surface area contributed by atoms with Crippen LogP contribution in [0.1, 0.15) is 6.92 Å². The van der Waals surface area contributed by atoms with Gasteiger partial charge in [-0.2, -0.15) is 8.78 Å². The number of halogens is 5. The highest BCUT2D eigenvalue weighted by Crippen LogP contribution is 2.31. The Hall–Kier alpha value is -0.0600. The first-order valence-corrected chi connectivity index (χ1v) is 2.74. The molecule has 0 radical (unpaired) electrons. The highest BCUT2D eigenvalue weighted by molar-refractivity contribution is 9.11. The van der Waals surface area contributed by atoms with Crippen molar-refractivity contribution < 1.29 is 17.6 Å². The molecule has 0 bridgehead atoms. The van der Waals surface area contributed by atoms with Crippen molar-refractivity contribution in [2.24, 2.45) is 0 Å². The van der Waals surface area contributed by atoms with Crippen LogP contribution in [0.15, 0.2) is 10.6 Å².